The van der Waals surface area contributed by atoms with E-state index in [1.165, 1.54) is 0 Å². The summed E-state index contributed by atoms with van der Waals surface area (Å²) in [6.07, 6.45) is 2.61. The van der Waals surface area contributed by atoms with E-state index in [1.54, 1.807) is 0 Å². The molecule has 2 heteroatoms. The van der Waals surface area contributed by atoms with Gasteiger partial charge in [0.25, 0.3) is 0 Å². The van der Waals surface area contributed by atoms with E-state index in [9.17, 15) is 0 Å². The highest BCUT2D eigenvalue weighted by atomic mass is 79.9. The molecule has 1 aromatic carbocycles. The van der Waals surface area contributed by atoms with Crippen LogP contribution in [0, 0.1) is 12.0 Å². The predicted octanol–water partition coefficient (Wildman–Crippen LogP) is 2.79. The Kier molecular flexibility index (Phi) is 3.69. The summed E-state index contributed by atoms with van der Waals surface area (Å²) in [5, 5.41) is 0. The van der Waals surface area contributed by atoms with Gasteiger partial charge in [-0.3, -0.25) is 0 Å². The van der Waals surface area contributed by atoms with Gasteiger partial charge in [0.15, 0.2) is 0 Å². The Labute approximate surface area is 80.9 Å². The van der Waals surface area contributed by atoms with E-state index in [2.05, 4.69) is 28.0 Å². The first-order valence-electron chi connectivity index (χ1n) is 3.71. The Balaban J connectivity index is 2.66. The largest absolute Gasteiger partial charge is 0.447 e. The molecule has 1 aromatic rings. The SMILES string of the molecule is CCOC#Cc1ccc(Br)cc1. The fourth-order valence-corrected chi connectivity index (χ4v) is 0.965. The zero-order valence-electron chi connectivity index (χ0n) is 6.80. The van der Waals surface area contributed by atoms with Gasteiger partial charge in [-0.2, -0.15) is 0 Å². The molecule has 1 rings (SSSR count). The van der Waals surface area contributed by atoms with Crippen LogP contribution in [0.3, 0.4) is 0 Å². The summed E-state index contributed by atoms with van der Waals surface area (Å²) in [5.74, 6) is 2.88. The highest BCUT2D eigenvalue weighted by Crippen LogP contribution is 2.09. The quantitative estimate of drug-likeness (QED) is 0.667. The lowest BCUT2D eigenvalue weighted by Gasteiger charge is -1.90. The maximum Gasteiger partial charge on any atom is 0.115 e. The van der Waals surface area contributed by atoms with Crippen LogP contribution in [0.2, 0.25) is 0 Å². The Morgan fingerprint density at radius 2 is 2.00 bits per heavy atom. The molecule has 0 fully saturated rings. The molecule has 0 heterocycles. The fraction of sp³-hybridized carbons (Fsp3) is 0.200. The van der Waals surface area contributed by atoms with Crippen molar-refractivity contribution in [3.8, 4) is 12.0 Å². The van der Waals surface area contributed by atoms with Crippen LogP contribution in [-0.4, -0.2) is 6.61 Å². The lowest BCUT2D eigenvalue weighted by Crippen LogP contribution is -1.78. The van der Waals surface area contributed by atoms with Gasteiger partial charge < -0.3 is 4.74 Å². The van der Waals surface area contributed by atoms with E-state index in [0.717, 1.165) is 10.0 Å². The number of hydrogen-bond acceptors (Lipinski definition) is 1. The van der Waals surface area contributed by atoms with Gasteiger partial charge in [-0.25, -0.2) is 0 Å². The van der Waals surface area contributed by atoms with Crippen LogP contribution in [0.25, 0.3) is 0 Å². The topological polar surface area (TPSA) is 9.23 Å². The molecule has 0 aliphatic rings. The zero-order chi connectivity index (χ0) is 8.81. The van der Waals surface area contributed by atoms with Gasteiger partial charge in [0, 0.05) is 10.0 Å². The fourth-order valence-electron chi connectivity index (χ4n) is 0.700. The number of rotatable bonds is 1. The Bertz CT molecular complexity index is 292. The van der Waals surface area contributed by atoms with Crippen molar-refractivity contribution in [1.29, 1.82) is 0 Å². The summed E-state index contributed by atoms with van der Waals surface area (Å²) in [5.41, 5.74) is 0.964. The second-order valence-corrected chi connectivity index (χ2v) is 3.08. The third-order valence-electron chi connectivity index (χ3n) is 1.26. The van der Waals surface area contributed by atoms with Gasteiger partial charge in [0.05, 0.1) is 6.61 Å². The van der Waals surface area contributed by atoms with Crippen LogP contribution in [0.1, 0.15) is 12.5 Å². The molecular weight excluding hydrogens is 216 g/mol. The van der Waals surface area contributed by atoms with Crippen molar-refractivity contribution in [3.63, 3.8) is 0 Å². The zero-order valence-corrected chi connectivity index (χ0v) is 8.39. The molecule has 0 aliphatic carbocycles. The maximum atomic E-state index is 4.89. The lowest BCUT2D eigenvalue weighted by molar-refractivity contribution is 0.299. The summed E-state index contributed by atoms with van der Waals surface area (Å²) in [7, 11) is 0. The third-order valence-corrected chi connectivity index (χ3v) is 1.78. The Morgan fingerprint density at radius 3 is 2.58 bits per heavy atom. The average molecular weight is 225 g/mol. The molecule has 0 spiro atoms. The Morgan fingerprint density at radius 1 is 1.33 bits per heavy atom. The van der Waals surface area contributed by atoms with Crippen LogP contribution < -0.4 is 0 Å². The van der Waals surface area contributed by atoms with Gasteiger partial charge in [-0.1, -0.05) is 15.9 Å². The van der Waals surface area contributed by atoms with E-state index in [-0.39, 0.29) is 0 Å². The number of hydrogen-bond donors (Lipinski definition) is 0. The first kappa shape index (κ1) is 9.15. The van der Waals surface area contributed by atoms with Crippen LogP contribution in [0.4, 0.5) is 0 Å². The van der Waals surface area contributed by atoms with Crippen LogP contribution in [-0.2, 0) is 4.74 Å². The smallest absolute Gasteiger partial charge is 0.115 e. The molecule has 0 N–H and O–H groups in total. The molecule has 0 saturated carbocycles. The minimum absolute atomic E-state index is 0.629. The molecule has 0 radical (unpaired) electrons. The third kappa shape index (κ3) is 2.98. The second-order valence-electron chi connectivity index (χ2n) is 2.17. The number of ether oxygens (including phenoxy) is 1. The molecule has 0 bridgehead atoms. The van der Waals surface area contributed by atoms with Gasteiger partial charge in [0.2, 0.25) is 0 Å². The van der Waals surface area contributed by atoms with Gasteiger partial charge in [-0.15, -0.1) is 0 Å². The molecular formula is C10H9BrO. The highest BCUT2D eigenvalue weighted by molar-refractivity contribution is 9.10. The van der Waals surface area contributed by atoms with E-state index < -0.39 is 0 Å². The summed E-state index contributed by atoms with van der Waals surface area (Å²) < 4.78 is 5.95. The molecule has 0 aliphatic heterocycles. The molecule has 1 nitrogen and oxygen atoms in total. The van der Waals surface area contributed by atoms with Crippen molar-refractivity contribution in [2.45, 2.75) is 6.92 Å². The van der Waals surface area contributed by atoms with E-state index >= 15 is 0 Å². The van der Waals surface area contributed by atoms with E-state index in [0.29, 0.717) is 6.61 Å². The molecule has 12 heavy (non-hydrogen) atoms. The monoisotopic (exact) mass is 224 g/mol. The second kappa shape index (κ2) is 4.84. The van der Waals surface area contributed by atoms with Gasteiger partial charge >= 0.3 is 0 Å². The molecule has 0 amide bonds. The number of benzene rings is 1. The first-order valence-corrected chi connectivity index (χ1v) is 4.50. The summed E-state index contributed by atoms with van der Waals surface area (Å²) in [4.78, 5) is 0. The first-order chi connectivity index (χ1) is 5.83. The minimum Gasteiger partial charge on any atom is -0.447 e. The highest BCUT2D eigenvalue weighted by Gasteiger charge is 1.86. The summed E-state index contributed by atoms with van der Waals surface area (Å²) in [6, 6.07) is 7.79. The molecule has 0 saturated heterocycles. The maximum absolute atomic E-state index is 4.89. The predicted molar refractivity (Wildman–Crippen MR) is 52.6 cm³/mol. The van der Waals surface area contributed by atoms with Crippen LogP contribution in [0.5, 0.6) is 0 Å². The minimum atomic E-state index is 0.629. The van der Waals surface area contributed by atoms with Crippen molar-refractivity contribution >= 4 is 15.9 Å². The van der Waals surface area contributed by atoms with Crippen molar-refractivity contribution in [1.82, 2.24) is 0 Å². The molecule has 0 aromatic heterocycles. The summed E-state index contributed by atoms with van der Waals surface area (Å²) >= 11 is 3.35. The molecule has 62 valence electrons. The van der Waals surface area contributed by atoms with Crippen molar-refractivity contribution < 1.29 is 4.74 Å². The van der Waals surface area contributed by atoms with Gasteiger partial charge in [-0.05, 0) is 37.1 Å². The number of halogens is 1. The molecule has 0 unspecified atom stereocenters. The van der Waals surface area contributed by atoms with Gasteiger partial charge in [0.1, 0.15) is 6.11 Å². The lowest BCUT2D eigenvalue weighted by atomic mass is 10.2. The van der Waals surface area contributed by atoms with E-state index in [1.807, 2.05) is 31.2 Å². The van der Waals surface area contributed by atoms with Crippen molar-refractivity contribution in [2.75, 3.05) is 6.61 Å². The standard InChI is InChI=1S/C10H9BrO/c1-2-12-8-7-9-3-5-10(11)6-4-9/h3-6H,2H2,1H3. The van der Waals surface area contributed by atoms with Crippen molar-refractivity contribution in [3.05, 3.63) is 34.3 Å². The normalized spacial score (nSPS) is 8.50. The molecule has 0 atom stereocenters. The van der Waals surface area contributed by atoms with Crippen LogP contribution in [0.15, 0.2) is 28.7 Å². The van der Waals surface area contributed by atoms with E-state index in [4.69, 9.17) is 4.74 Å². The Hall–Kier alpha value is -0.940. The summed E-state index contributed by atoms with van der Waals surface area (Å²) in [6.45, 7) is 2.54. The average Bonchev–Trinajstić information content (AvgIpc) is 2.09. The van der Waals surface area contributed by atoms with Crippen LogP contribution >= 0.6 is 15.9 Å². The van der Waals surface area contributed by atoms with Crippen molar-refractivity contribution in [2.24, 2.45) is 0 Å².